The summed E-state index contributed by atoms with van der Waals surface area (Å²) in [5.74, 6) is -0.830. The van der Waals surface area contributed by atoms with Crippen molar-refractivity contribution in [1.82, 2.24) is 5.32 Å². The Hall–Kier alpha value is -1.56. The predicted octanol–water partition coefficient (Wildman–Crippen LogP) is 3.31. The zero-order valence-electron chi connectivity index (χ0n) is 13.1. The number of carboxylic acid groups (broad SMARTS) is 1. The van der Waals surface area contributed by atoms with Crippen LogP contribution in [0, 0.1) is 11.7 Å². The van der Waals surface area contributed by atoms with E-state index in [0.29, 0.717) is 5.75 Å². The van der Waals surface area contributed by atoms with Crippen LogP contribution in [-0.2, 0) is 9.59 Å². The summed E-state index contributed by atoms with van der Waals surface area (Å²) in [5.41, 5.74) is -0.760. The number of carbonyl (C=O) groups is 2. The Bertz CT molecular complexity index is 519. The summed E-state index contributed by atoms with van der Waals surface area (Å²) in [6.07, 6.45) is 0.172. The second-order valence-corrected chi connectivity index (χ2v) is 6.91. The summed E-state index contributed by atoms with van der Waals surface area (Å²) in [6.45, 7) is 5.52. The molecule has 0 heterocycles. The van der Waals surface area contributed by atoms with Crippen LogP contribution in [0.4, 0.5) is 4.39 Å². The first-order valence-electron chi connectivity index (χ1n) is 7.14. The van der Waals surface area contributed by atoms with Crippen molar-refractivity contribution >= 4 is 23.6 Å². The lowest BCUT2D eigenvalue weighted by atomic mass is 9.85. The van der Waals surface area contributed by atoms with Crippen molar-refractivity contribution in [3.63, 3.8) is 0 Å². The number of nitrogens with one attached hydrogen (secondary N) is 1. The quantitative estimate of drug-likeness (QED) is 0.719. The van der Waals surface area contributed by atoms with Gasteiger partial charge in [0.25, 0.3) is 0 Å². The van der Waals surface area contributed by atoms with Gasteiger partial charge >= 0.3 is 5.97 Å². The van der Waals surface area contributed by atoms with Crippen LogP contribution in [0.2, 0.25) is 0 Å². The Morgan fingerprint density at radius 3 is 2.41 bits per heavy atom. The second-order valence-electron chi connectivity index (χ2n) is 5.74. The van der Waals surface area contributed by atoms with Gasteiger partial charge in [0.05, 0.1) is 6.42 Å². The molecule has 0 aliphatic rings. The second kappa shape index (κ2) is 8.17. The van der Waals surface area contributed by atoms with Crippen LogP contribution in [0.3, 0.4) is 0 Å². The van der Waals surface area contributed by atoms with E-state index in [1.165, 1.54) is 23.9 Å². The summed E-state index contributed by atoms with van der Waals surface area (Å²) in [4.78, 5) is 23.8. The Labute approximate surface area is 134 Å². The van der Waals surface area contributed by atoms with E-state index < -0.39 is 11.5 Å². The van der Waals surface area contributed by atoms with Crippen molar-refractivity contribution in [2.75, 3.05) is 5.75 Å². The van der Waals surface area contributed by atoms with Gasteiger partial charge in [0.15, 0.2) is 0 Å². The third kappa shape index (κ3) is 6.05. The molecule has 0 saturated heterocycles. The van der Waals surface area contributed by atoms with E-state index in [2.05, 4.69) is 5.32 Å². The largest absolute Gasteiger partial charge is 0.481 e. The van der Waals surface area contributed by atoms with Gasteiger partial charge < -0.3 is 10.4 Å². The third-order valence-electron chi connectivity index (χ3n) is 3.63. The van der Waals surface area contributed by atoms with Crippen LogP contribution in [0.5, 0.6) is 0 Å². The molecular formula is C16H22FNO3S. The third-order valence-corrected chi connectivity index (χ3v) is 4.64. The van der Waals surface area contributed by atoms with E-state index in [1.54, 1.807) is 19.1 Å². The molecular weight excluding hydrogens is 305 g/mol. The minimum atomic E-state index is -0.933. The highest BCUT2D eigenvalue weighted by molar-refractivity contribution is 7.99. The van der Waals surface area contributed by atoms with Gasteiger partial charge in [-0.1, -0.05) is 13.8 Å². The van der Waals surface area contributed by atoms with Crippen molar-refractivity contribution in [3.05, 3.63) is 30.1 Å². The smallest absolute Gasteiger partial charge is 0.305 e. The number of hydrogen-bond acceptors (Lipinski definition) is 3. The zero-order chi connectivity index (χ0) is 16.8. The first-order chi connectivity index (χ1) is 10.2. The standard InChI is InChI=1S/C16H22FNO3S/c1-11(2)16(3,10-15(20)21)18-14(19)8-9-22-13-6-4-12(17)5-7-13/h4-7,11H,8-10H2,1-3H3,(H,18,19)(H,20,21). The highest BCUT2D eigenvalue weighted by Crippen LogP contribution is 2.22. The molecule has 1 aromatic carbocycles. The minimum Gasteiger partial charge on any atom is -0.481 e. The number of carbonyl (C=O) groups excluding carboxylic acids is 1. The fourth-order valence-electron chi connectivity index (χ4n) is 1.88. The molecule has 0 aliphatic carbocycles. The number of rotatable bonds is 8. The van der Waals surface area contributed by atoms with Crippen molar-refractivity contribution in [3.8, 4) is 0 Å². The molecule has 0 aromatic heterocycles. The molecule has 2 N–H and O–H groups in total. The van der Waals surface area contributed by atoms with Gasteiger partial charge in [-0.15, -0.1) is 11.8 Å². The van der Waals surface area contributed by atoms with E-state index in [0.717, 1.165) is 4.90 Å². The van der Waals surface area contributed by atoms with Gasteiger partial charge in [-0.2, -0.15) is 0 Å². The average molecular weight is 327 g/mol. The first kappa shape index (κ1) is 18.5. The van der Waals surface area contributed by atoms with Crippen LogP contribution in [0.1, 0.15) is 33.6 Å². The Kier molecular flexibility index (Phi) is 6.87. The fraction of sp³-hybridized carbons (Fsp3) is 0.500. The van der Waals surface area contributed by atoms with E-state index >= 15 is 0 Å². The molecule has 0 radical (unpaired) electrons. The number of halogens is 1. The van der Waals surface area contributed by atoms with E-state index in [4.69, 9.17) is 5.11 Å². The van der Waals surface area contributed by atoms with Crippen molar-refractivity contribution in [2.24, 2.45) is 5.92 Å². The number of hydrogen-bond donors (Lipinski definition) is 2. The SMILES string of the molecule is CC(C)C(C)(CC(=O)O)NC(=O)CCSc1ccc(F)cc1. The van der Waals surface area contributed by atoms with Gasteiger partial charge in [0, 0.05) is 22.6 Å². The van der Waals surface area contributed by atoms with E-state index in [-0.39, 0.29) is 30.5 Å². The van der Waals surface area contributed by atoms with Gasteiger partial charge in [0.1, 0.15) is 5.82 Å². The Balaban J connectivity index is 2.47. The molecule has 0 aliphatic heterocycles. The molecule has 1 unspecified atom stereocenters. The lowest BCUT2D eigenvalue weighted by Gasteiger charge is -2.33. The molecule has 0 saturated carbocycles. The van der Waals surface area contributed by atoms with E-state index in [1.807, 2.05) is 13.8 Å². The molecule has 0 fully saturated rings. The van der Waals surface area contributed by atoms with Crippen molar-refractivity contribution in [1.29, 1.82) is 0 Å². The summed E-state index contributed by atoms with van der Waals surface area (Å²) < 4.78 is 12.8. The highest BCUT2D eigenvalue weighted by Gasteiger charge is 2.32. The number of benzene rings is 1. The number of thioether (sulfide) groups is 1. The van der Waals surface area contributed by atoms with Crippen molar-refractivity contribution in [2.45, 2.75) is 44.0 Å². The molecule has 1 amide bonds. The van der Waals surface area contributed by atoms with E-state index in [9.17, 15) is 14.0 Å². The first-order valence-corrected chi connectivity index (χ1v) is 8.12. The molecule has 1 rings (SSSR count). The van der Waals surface area contributed by atoms with Crippen molar-refractivity contribution < 1.29 is 19.1 Å². The lowest BCUT2D eigenvalue weighted by Crippen LogP contribution is -2.51. The van der Waals surface area contributed by atoms with Gasteiger partial charge in [-0.3, -0.25) is 9.59 Å². The topological polar surface area (TPSA) is 66.4 Å². The maximum Gasteiger partial charge on any atom is 0.305 e. The molecule has 6 heteroatoms. The summed E-state index contributed by atoms with van der Waals surface area (Å²) in [7, 11) is 0. The van der Waals surface area contributed by atoms with Crippen LogP contribution < -0.4 is 5.32 Å². The van der Waals surface area contributed by atoms with Crippen LogP contribution in [0.15, 0.2) is 29.2 Å². The number of aliphatic carboxylic acids is 1. The maximum atomic E-state index is 12.8. The molecule has 122 valence electrons. The molecule has 22 heavy (non-hydrogen) atoms. The lowest BCUT2D eigenvalue weighted by molar-refractivity contribution is -0.139. The summed E-state index contributed by atoms with van der Waals surface area (Å²) in [5, 5.41) is 11.8. The van der Waals surface area contributed by atoms with Crippen LogP contribution in [0.25, 0.3) is 0 Å². The van der Waals surface area contributed by atoms with Gasteiger partial charge in [-0.25, -0.2) is 4.39 Å². The molecule has 1 atom stereocenters. The number of amides is 1. The summed E-state index contributed by atoms with van der Waals surface area (Å²) >= 11 is 1.46. The van der Waals surface area contributed by atoms with Crippen LogP contribution in [-0.4, -0.2) is 28.3 Å². The van der Waals surface area contributed by atoms with Gasteiger partial charge in [-0.05, 0) is 37.1 Å². The minimum absolute atomic E-state index is 0.0114. The zero-order valence-corrected chi connectivity index (χ0v) is 13.9. The fourth-order valence-corrected chi connectivity index (χ4v) is 2.73. The summed E-state index contributed by atoms with van der Waals surface area (Å²) in [6, 6.07) is 6.09. The Morgan fingerprint density at radius 2 is 1.91 bits per heavy atom. The Morgan fingerprint density at radius 1 is 1.32 bits per heavy atom. The normalized spacial score (nSPS) is 13.7. The molecule has 4 nitrogen and oxygen atoms in total. The van der Waals surface area contributed by atoms with Gasteiger partial charge in [0.2, 0.25) is 5.91 Å². The molecule has 1 aromatic rings. The molecule has 0 bridgehead atoms. The average Bonchev–Trinajstić information content (AvgIpc) is 2.39. The molecule has 0 spiro atoms. The van der Waals surface area contributed by atoms with Crippen LogP contribution >= 0.6 is 11.8 Å². The number of carboxylic acids is 1. The maximum absolute atomic E-state index is 12.8. The monoisotopic (exact) mass is 327 g/mol. The predicted molar refractivity (Wildman–Crippen MR) is 85.4 cm³/mol. The highest BCUT2D eigenvalue weighted by atomic mass is 32.2.